The van der Waals surface area contributed by atoms with Gasteiger partial charge in [0.2, 0.25) is 11.9 Å². The first-order chi connectivity index (χ1) is 16.2. The summed E-state index contributed by atoms with van der Waals surface area (Å²) < 4.78 is 12.9. The third kappa shape index (κ3) is 3.33. The molecule has 0 aliphatic carbocycles. The van der Waals surface area contributed by atoms with Gasteiger partial charge in [0.1, 0.15) is 0 Å². The van der Waals surface area contributed by atoms with Gasteiger partial charge in [0.05, 0.1) is 10.4 Å². The molecule has 0 saturated carbocycles. The molecule has 6 rings (SSSR count). The van der Waals surface area contributed by atoms with Gasteiger partial charge in [-0.1, -0.05) is 18.2 Å². The molecular weight excluding hydrogens is 438 g/mol. The number of aryl methyl sites for hydroxylation is 1. The van der Waals surface area contributed by atoms with E-state index < -0.39 is 0 Å². The summed E-state index contributed by atoms with van der Waals surface area (Å²) in [5.41, 5.74) is 3.12. The number of pyridine rings is 2. The van der Waals surface area contributed by atoms with Crippen molar-refractivity contribution in [2.24, 2.45) is 0 Å². The molecule has 5 aromatic rings. The minimum atomic E-state index is -0.197. The van der Waals surface area contributed by atoms with E-state index in [1.54, 1.807) is 18.5 Å². The van der Waals surface area contributed by atoms with Gasteiger partial charge in [0, 0.05) is 35.1 Å². The number of rotatable bonds is 4. The molecule has 3 aromatic heterocycles. The van der Waals surface area contributed by atoms with Crippen LogP contribution in [0.4, 0.5) is 0 Å². The number of para-hydroxylation sites is 1. The molecular formula is C24H17N5O3S. The number of nitrogens with one attached hydrogen (secondary N) is 1. The number of aromatic amines is 1. The molecule has 0 amide bonds. The lowest BCUT2D eigenvalue weighted by molar-refractivity contribution is 0.174. The monoisotopic (exact) mass is 455 g/mol. The Morgan fingerprint density at radius 2 is 1.76 bits per heavy atom. The predicted octanol–water partition coefficient (Wildman–Crippen LogP) is 4.36. The van der Waals surface area contributed by atoms with Crippen molar-refractivity contribution in [3.05, 3.63) is 82.9 Å². The van der Waals surface area contributed by atoms with Crippen molar-refractivity contribution in [3.8, 4) is 28.6 Å². The Bertz CT molecular complexity index is 1550. The van der Waals surface area contributed by atoms with Gasteiger partial charge in [-0.2, -0.15) is 0 Å². The first kappa shape index (κ1) is 19.6. The number of fused-ring (bicyclic) bond motifs is 2. The zero-order valence-electron chi connectivity index (χ0n) is 17.5. The van der Waals surface area contributed by atoms with E-state index in [2.05, 4.69) is 20.2 Å². The number of hydrogen-bond donors (Lipinski definition) is 1. The fourth-order valence-corrected chi connectivity index (χ4v) is 4.83. The lowest BCUT2D eigenvalue weighted by Crippen LogP contribution is -2.11. The largest absolute Gasteiger partial charge is 0.454 e. The maximum absolute atomic E-state index is 13.1. The molecule has 0 saturated heterocycles. The lowest BCUT2D eigenvalue weighted by atomic mass is 10.1. The summed E-state index contributed by atoms with van der Waals surface area (Å²) >= 11 is 1.28. The highest BCUT2D eigenvalue weighted by atomic mass is 32.2. The summed E-state index contributed by atoms with van der Waals surface area (Å²) in [5.74, 6) is 1.97. The van der Waals surface area contributed by atoms with Crippen LogP contribution in [0.1, 0.15) is 5.56 Å². The van der Waals surface area contributed by atoms with E-state index in [9.17, 15) is 4.79 Å². The molecule has 2 aromatic carbocycles. The van der Waals surface area contributed by atoms with Gasteiger partial charge in [0.25, 0.3) is 5.56 Å². The van der Waals surface area contributed by atoms with Crippen LogP contribution in [-0.4, -0.2) is 31.5 Å². The Labute approximate surface area is 192 Å². The van der Waals surface area contributed by atoms with Crippen LogP contribution in [0.3, 0.4) is 0 Å². The zero-order chi connectivity index (χ0) is 22.4. The molecule has 1 N–H and O–H groups in total. The Morgan fingerprint density at radius 1 is 1.00 bits per heavy atom. The zero-order valence-corrected chi connectivity index (χ0v) is 18.3. The molecule has 8 nitrogen and oxygen atoms in total. The Balaban J connectivity index is 1.51. The minimum absolute atomic E-state index is 0.175. The highest BCUT2D eigenvalue weighted by Gasteiger charge is 2.22. The fourth-order valence-electron chi connectivity index (χ4n) is 3.88. The average molecular weight is 455 g/mol. The maximum Gasteiger partial charge on any atom is 0.262 e. The Hall–Kier alpha value is -4.11. The fraction of sp³-hybridized carbons (Fsp3) is 0.0833. The second kappa shape index (κ2) is 7.79. The lowest BCUT2D eigenvalue weighted by Gasteiger charge is -2.12. The van der Waals surface area contributed by atoms with Gasteiger partial charge in [-0.15, -0.1) is 10.2 Å². The van der Waals surface area contributed by atoms with Crippen LogP contribution in [0.2, 0.25) is 0 Å². The summed E-state index contributed by atoms with van der Waals surface area (Å²) in [6.45, 7) is 2.10. The van der Waals surface area contributed by atoms with Crippen LogP contribution in [-0.2, 0) is 0 Å². The van der Waals surface area contributed by atoms with Crippen LogP contribution in [0, 0.1) is 6.92 Å². The van der Waals surface area contributed by atoms with Crippen molar-refractivity contribution in [1.82, 2.24) is 24.7 Å². The summed E-state index contributed by atoms with van der Waals surface area (Å²) in [5, 5.41) is 10.4. The summed E-state index contributed by atoms with van der Waals surface area (Å²) in [4.78, 5) is 20.7. The normalized spacial score (nSPS) is 12.4. The predicted molar refractivity (Wildman–Crippen MR) is 124 cm³/mol. The van der Waals surface area contributed by atoms with Crippen molar-refractivity contribution >= 4 is 22.7 Å². The van der Waals surface area contributed by atoms with Gasteiger partial charge >= 0.3 is 0 Å². The number of aromatic nitrogens is 5. The minimum Gasteiger partial charge on any atom is -0.454 e. The van der Waals surface area contributed by atoms with E-state index in [0.717, 1.165) is 22.2 Å². The molecule has 0 bridgehead atoms. The Morgan fingerprint density at radius 3 is 2.55 bits per heavy atom. The van der Waals surface area contributed by atoms with Crippen molar-refractivity contribution < 1.29 is 9.47 Å². The van der Waals surface area contributed by atoms with Crippen molar-refractivity contribution in [1.29, 1.82) is 0 Å². The van der Waals surface area contributed by atoms with Crippen molar-refractivity contribution in [3.63, 3.8) is 0 Å². The second-order valence-electron chi connectivity index (χ2n) is 7.47. The van der Waals surface area contributed by atoms with Gasteiger partial charge in [0.15, 0.2) is 17.3 Å². The van der Waals surface area contributed by atoms with Gasteiger partial charge in [-0.25, -0.2) is 0 Å². The Kier molecular flexibility index (Phi) is 4.62. The van der Waals surface area contributed by atoms with E-state index in [1.807, 2.05) is 60.0 Å². The molecule has 1 aliphatic heterocycles. The van der Waals surface area contributed by atoms with E-state index in [1.165, 1.54) is 11.8 Å². The van der Waals surface area contributed by atoms with E-state index in [0.29, 0.717) is 32.9 Å². The third-order valence-electron chi connectivity index (χ3n) is 5.49. The highest BCUT2D eigenvalue weighted by molar-refractivity contribution is 7.99. The number of ether oxygens (including phenoxy) is 2. The molecule has 0 fully saturated rings. The summed E-state index contributed by atoms with van der Waals surface area (Å²) in [7, 11) is 0. The van der Waals surface area contributed by atoms with E-state index in [4.69, 9.17) is 9.47 Å². The molecule has 1 aliphatic rings. The first-order valence-electron chi connectivity index (χ1n) is 10.2. The summed E-state index contributed by atoms with van der Waals surface area (Å²) in [6.07, 6.45) is 3.43. The van der Waals surface area contributed by atoms with Crippen molar-refractivity contribution in [2.75, 3.05) is 6.79 Å². The quantitative estimate of drug-likeness (QED) is 0.430. The van der Waals surface area contributed by atoms with Crippen molar-refractivity contribution in [2.45, 2.75) is 17.0 Å². The van der Waals surface area contributed by atoms with E-state index >= 15 is 0 Å². The standard InChI is InChI=1S/C24H17N5O3S/c1-14-17-11-19-20(32-13-31-19)12-18(17)26-23(30)21(14)33-24-28-27-22(15-7-9-25-10-8-15)29(24)16-5-3-2-4-6-16/h2-12H,13H2,1H3,(H,26,30). The van der Waals surface area contributed by atoms with Crippen LogP contribution in [0.15, 0.2) is 81.8 Å². The van der Waals surface area contributed by atoms with Crippen LogP contribution < -0.4 is 15.0 Å². The molecule has 0 atom stereocenters. The van der Waals surface area contributed by atoms with Crippen LogP contribution in [0.25, 0.3) is 28.0 Å². The molecule has 0 spiro atoms. The topological polar surface area (TPSA) is 94.9 Å². The SMILES string of the molecule is Cc1c(Sc2nnc(-c3ccncc3)n2-c2ccccc2)c(=O)[nH]c2cc3c(cc12)OCO3. The molecule has 0 unspecified atom stereocenters. The molecule has 9 heteroatoms. The number of hydrogen-bond acceptors (Lipinski definition) is 7. The first-order valence-corrected chi connectivity index (χ1v) is 11.1. The third-order valence-corrected chi connectivity index (χ3v) is 6.63. The number of H-pyrrole nitrogens is 1. The molecule has 162 valence electrons. The average Bonchev–Trinajstić information content (AvgIpc) is 3.48. The number of benzene rings is 2. The molecule has 4 heterocycles. The molecule has 0 radical (unpaired) electrons. The number of nitrogens with zero attached hydrogens (tertiary/aromatic N) is 4. The van der Waals surface area contributed by atoms with Crippen LogP contribution in [0.5, 0.6) is 11.5 Å². The highest BCUT2D eigenvalue weighted by Crippen LogP contribution is 2.39. The molecule has 33 heavy (non-hydrogen) atoms. The summed E-state index contributed by atoms with van der Waals surface area (Å²) in [6, 6.07) is 17.3. The van der Waals surface area contributed by atoms with Gasteiger partial charge < -0.3 is 14.5 Å². The van der Waals surface area contributed by atoms with E-state index in [-0.39, 0.29) is 12.4 Å². The van der Waals surface area contributed by atoms with Crippen LogP contribution >= 0.6 is 11.8 Å². The maximum atomic E-state index is 13.1. The van der Waals surface area contributed by atoms with Gasteiger partial charge in [-0.05, 0) is 54.6 Å². The second-order valence-corrected chi connectivity index (χ2v) is 8.45. The van der Waals surface area contributed by atoms with Gasteiger partial charge in [-0.3, -0.25) is 14.3 Å². The smallest absolute Gasteiger partial charge is 0.262 e.